The van der Waals surface area contributed by atoms with Crippen molar-refractivity contribution in [1.82, 2.24) is 0 Å². The number of rotatable bonds is 4. The molecule has 0 aliphatic carbocycles. The van der Waals surface area contributed by atoms with Gasteiger partial charge in [-0.2, -0.15) is 0 Å². The van der Waals surface area contributed by atoms with E-state index in [-0.39, 0.29) is 18.8 Å². The van der Waals surface area contributed by atoms with Crippen molar-refractivity contribution in [3.8, 4) is 12.3 Å². The Labute approximate surface area is 153 Å². The first-order chi connectivity index (χ1) is 12.1. The number of hydrogen-bond acceptors (Lipinski definition) is 3. The van der Waals surface area contributed by atoms with Crippen LogP contribution in [0.5, 0.6) is 0 Å². The SMILES string of the molecule is C#Cc1ccc(Cc2cc([C@H]3C[C@@H](O)C[C@@H](CO)O3)ccc2Cl)cc1. The molecule has 0 radical (unpaired) electrons. The molecule has 0 spiro atoms. The number of benzene rings is 2. The molecule has 0 amide bonds. The van der Waals surface area contributed by atoms with E-state index >= 15 is 0 Å². The van der Waals surface area contributed by atoms with Gasteiger partial charge in [0.2, 0.25) is 0 Å². The molecule has 1 aliphatic rings. The highest BCUT2D eigenvalue weighted by molar-refractivity contribution is 6.31. The fraction of sp³-hybridized carbons (Fsp3) is 0.333. The lowest BCUT2D eigenvalue weighted by atomic mass is 9.94. The maximum Gasteiger partial charge on any atom is 0.0854 e. The molecule has 4 heteroatoms. The fourth-order valence-electron chi connectivity index (χ4n) is 3.19. The highest BCUT2D eigenvalue weighted by Crippen LogP contribution is 2.33. The van der Waals surface area contributed by atoms with E-state index in [1.165, 1.54) is 0 Å². The van der Waals surface area contributed by atoms with Gasteiger partial charge in [-0.3, -0.25) is 0 Å². The molecule has 3 nitrogen and oxygen atoms in total. The molecule has 0 saturated carbocycles. The quantitative estimate of drug-likeness (QED) is 0.824. The second-order valence-corrected chi connectivity index (χ2v) is 6.83. The highest BCUT2D eigenvalue weighted by Gasteiger charge is 2.29. The molecule has 2 N–H and O–H groups in total. The molecule has 1 aliphatic heterocycles. The molecule has 1 heterocycles. The first kappa shape index (κ1) is 18.0. The summed E-state index contributed by atoms with van der Waals surface area (Å²) in [4.78, 5) is 0. The Morgan fingerprint density at radius 1 is 1.16 bits per heavy atom. The minimum absolute atomic E-state index is 0.0878. The third-order valence-corrected chi connectivity index (χ3v) is 4.91. The van der Waals surface area contributed by atoms with Crippen molar-refractivity contribution in [3.05, 3.63) is 69.7 Å². The lowest BCUT2D eigenvalue weighted by molar-refractivity contribution is -0.113. The molecular formula is C21H21ClO3. The molecule has 130 valence electrons. The van der Waals surface area contributed by atoms with E-state index < -0.39 is 6.10 Å². The van der Waals surface area contributed by atoms with E-state index in [4.69, 9.17) is 22.8 Å². The predicted molar refractivity (Wildman–Crippen MR) is 98.6 cm³/mol. The van der Waals surface area contributed by atoms with Crippen LogP contribution < -0.4 is 0 Å². The van der Waals surface area contributed by atoms with Crippen LogP contribution in [0.25, 0.3) is 0 Å². The minimum atomic E-state index is -0.466. The van der Waals surface area contributed by atoms with E-state index in [2.05, 4.69) is 5.92 Å². The van der Waals surface area contributed by atoms with Crippen molar-refractivity contribution in [3.63, 3.8) is 0 Å². The van der Waals surface area contributed by atoms with Crippen LogP contribution in [-0.2, 0) is 11.2 Å². The summed E-state index contributed by atoms with van der Waals surface area (Å²) in [7, 11) is 0. The number of ether oxygens (including phenoxy) is 1. The van der Waals surface area contributed by atoms with E-state index in [1.807, 2.05) is 42.5 Å². The molecule has 2 aromatic rings. The third kappa shape index (κ3) is 4.42. The monoisotopic (exact) mass is 356 g/mol. The Bertz CT molecular complexity index is 764. The molecule has 2 aromatic carbocycles. The summed E-state index contributed by atoms with van der Waals surface area (Å²) in [5.41, 5.74) is 3.94. The summed E-state index contributed by atoms with van der Waals surface area (Å²) in [6.45, 7) is -0.0878. The molecule has 1 saturated heterocycles. The summed E-state index contributed by atoms with van der Waals surface area (Å²) in [5.74, 6) is 2.61. The predicted octanol–water partition coefficient (Wildman–Crippen LogP) is 3.49. The van der Waals surface area contributed by atoms with Crippen LogP contribution in [0.3, 0.4) is 0 Å². The molecule has 0 unspecified atom stereocenters. The summed E-state index contributed by atoms with van der Waals surface area (Å²) >= 11 is 6.37. The number of aliphatic hydroxyl groups excluding tert-OH is 2. The van der Waals surface area contributed by atoms with Gasteiger partial charge in [0.05, 0.1) is 24.9 Å². The Hall–Kier alpha value is -1.83. The smallest absolute Gasteiger partial charge is 0.0854 e. The van der Waals surface area contributed by atoms with Gasteiger partial charge in [0, 0.05) is 23.4 Å². The summed E-state index contributed by atoms with van der Waals surface area (Å²) < 4.78 is 5.89. The average Bonchev–Trinajstić information content (AvgIpc) is 2.63. The third-order valence-electron chi connectivity index (χ3n) is 4.54. The van der Waals surface area contributed by atoms with Gasteiger partial charge in [0.25, 0.3) is 0 Å². The van der Waals surface area contributed by atoms with Crippen LogP contribution in [0.2, 0.25) is 5.02 Å². The van der Waals surface area contributed by atoms with Crippen molar-refractivity contribution < 1.29 is 14.9 Å². The van der Waals surface area contributed by atoms with E-state index in [9.17, 15) is 10.2 Å². The summed E-state index contributed by atoms with van der Waals surface area (Å²) in [5, 5.41) is 20.1. The Balaban J connectivity index is 1.81. The average molecular weight is 357 g/mol. The Morgan fingerprint density at radius 3 is 2.60 bits per heavy atom. The van der Waals surface area contributed by atoms with Crippen LogP contribution in [0.1, 0.15) is 41.2 Å². The maximum atomic E-state index is 10.0. The standard InChI is InChI=1S/C21H21ClO3/c1-2-14-3-5-15(6-4-14)9-17-10-16(7-8-20(17)22)21-12-18(24)11-19(13-23)25-21/h1,3-8,10,18-19,21,23-24H,9,11-13H2/t18-,19-,21+/m0/s1. The zero-order valence-electron chi connectivity index (χ0n) is 13.9. The summed E-state index contributed by atoms with van der Waals surface area (Å²) in [6.07, 6.45) is 6.04. The van der Waals surface area contributed by atoms with Gasteiger partial charge < -0.3 is 14.9 Å². The molecule has 0 aromatic heterocycles. The summed E-state index contributed by atoms with van der Waals surface area (Å²) in [6, 6.07) is 13.6. The second kappa shape index (κ2) is 8.03. The molecule has 3 rings (SSSR count). The van der Waals surface area contributed by atoms with Gasteiger partial charge in [-0.05, 0) is 41.3 Å². The maximum absolute atomic E-state index is 10.0. The molecule has 25 heavy (non-hydrogen) atoms. The lowest BCUT2D eigenvalue weighted by Gasteiger charge is -2.32. The highest BCUT2D eigenvalue weighted by atomic mass is 35.5. The molecular weight excluding hydrogens is 336 g/mol. The lowest BCUT2D eigenvalue weighted by Crippen LogP contribution is -2.33. The second-order valence-electron chi connectivity index (χ2n) is 6.42. The minimum Gasteiger partial charge on any atom is -0.394 e. The first-order valence-corrected chi connectivity index (χ1v) is 8.75. The van der Waals surface area contributed by atoms with Gasteiger partial charge in [0.1, 0.15) is 0 Å². The van der Waals surface area contributed by atoms with Gasteiger partial charge in [0.15, 0.2) is 0 Å². The Morgan fingerprint density at radius 2 is 1.92 bits per heavy atom. The number of terminal acetylenes is 1. The fourth-order valence-corrected chi connectivity index (χ4v) is 3.38. The van der Waals surface area contributed by atoms with Crippen LogP contribution in [0, 0.1) is 12.3 Å². The number of hydrogen-bond donors (Lipinski definition) is 2. The van der Waals surface area contributed by atoms with Gasteiger partial charge >= 0.3 is 0 Å². The van der Waals surface area contributed by atoms with E-state index in [1.54, 1.807) is 0 Å². The van der Waals surface area contributed by atoms with Crippen molar-refractivity contribution in [1.29, 1.82) is 0 Å². The molecule has 1 fully saturated rings. The first-order valence-electron chi connectivity index (χ1n) is 8.37. The van der Waals surface area contributed by atoms with Gasteiger partial charge in [-0.1, -0.05) is 41.8 Å². The van der Waals surface area contributed by atoms with Crippen LogP contribution in [0.15, 0.2) is 42.5 Å². The van der Waals surface area contributed by atoms with Gasteiger partial charge in [-0.15, -0.1) is 6.42 Å². The van der Waals surface area contributed by atoms with Crippen LogP contribution >= 0.6 is 11.6 Å². The zero-order valence-corrected chi connectivity index (χ0v) is 14.6. The van der Waals surface area contributed by atoms with E-state index in [0.717, 1.165) is 22.3 Å². The normalized spacial score (nSPS) is 23.2. The Kier molecular flexibility index (Phi) is 5.78. The largest absolute Gasteiger partial charge is 0.394 e. The van der Waals surface area contributed by atoms with Crippen molar-refractivity contribution in [2.75, 3.05) is 6.61 Å². The van der Waals surface area contributed by atoms with Crippen LogP contribution in [-0.4, -0.2) is 29.0 Å². The van der Waals surface area contributed by atoms with Crippen molar-refractivity contribution >= 4 is 11.6 Å². The molecule has 0 bridgehead atoms. The van der Waals surface area contributed by atoms with Crippen LogP contribution in [0.4, 0.5) is 0 Å². The molecule has 3 atom stereocenters. The van der Waals surface area contributed by atoms with Gasteiger partial charge in [-0.25, -0.2) is 0 Å². The topological polar surface area (TPSA) is 49.7 Å². The van der Waals surface area contributed by atoms with Crippen molar-refractivity contribution in [2.45, 2.75) is 37.6 Å². The van der Waals surface area contributed by atoms with Crippen molar-refractivity contribution in [2.24, 2.45) is 0 Å². The number of aliphatic hydroxyl groups is 2. The van der Waals surface area contributed by atoms with E-state index in [0.29, 0.717) is 24.3 Å². The number of halogens is 1. The zero-order chi connectivity index (χ0) is 17.8.